The van der Waals surface area contributed by atoms with Gasteiger partial charge in [-0.25, -0.2) is 0 Å². The molecule has 2 N–H and O–H groups in total. The van der Waals surface area contributed by atoms with Crippen molar-refractivity contribution in [2.24, 2.45) is 5.73 Å². The summed E-state index contributed by atoms with van der Waals surface area (Å²) >= 11 is 6.29. The molecule has 0 heterocycles. The summed E-state index contributed by atoms with van der Waals surface area (Å²) in [7, 11) is 3.24. The van der Waals surface area contributed by atoms with E-state index in [0.717, 1.165) is 28.2 Å². The van der Waals surface area contributed by atoms with Gasteiger partial charge in [-0.15, -0.1) is 0 Å². The second-order valence-electron chi connectivity index (χ2n) is 4.61. The minimum Gasteiger partial charge on any atom is -0.497 e. The Morgan fingerprint density at radius 3 is 2.35 bits per heavy atom. The van der Waals surface area contributed by atoms with Crippen molar-refractivity contribution in [3.8, 4) is 11.5 Å². The second kappa shape index (κ2) is 6.16. The van der Waals surface area contributed by atoms with Crippen LogP contribution in [0.2, 0.25) is 5.02 Å². The van der Waals surface area contributed by atoms with Gasteiger partial charge in [0, 0.05) is 10.6 Å². The summed E-state index contributed by atoms with van der Waals surface area (Å²) < 4.78 is 10.6. The molecule has 2 aromatic rings. The molecule has 0 amide bonds. The van der Waals surface area contributed by atoms with Crippen molar-refractivity contribution in [1.82, 2.24) is 0 Å². The number of hydrogen-bond donors (Lipinski definition) is 1. The van der Waals surface area contributed by atoms with Crippen LogP contribution in [0.1, 0.15) is 22.7 Å². The van der Waals surface area contributed by atoms with E-state index < -0.39 is 0 Å². The minimum atomic E-state index is -0.367. The summed E-state index contributed by atoms with van der Waals surface area (Å²) in [4.78, 5) is 0. The Bertz CT molecular complexity index is 613. The Balaban J connectivity index is 2.48. The van der Waals surface area contributed by atoms with Crippen molar-refractivity contribution in [3.63, 3.8) is 0 Å². The molecule has 0 aliphatic rings. The Kier molecular flexibility index (Phi) is 4.53. The number of benzene rings is 2. The van der Waals surface area contributed by atoms with Gasteiger partial charge in [0.15, 0.2) is 0 Å². The number of halogens is 1. The van der Waals surface area contributed by atoms with E-state index in [0.29, 0.717) is 5.02 Å². The quantitative estimate of drug-likeness (QED) is 0.934. The first-order valence-corrected chi connectivity index (χ1v) is 6.68. The van der Waals surface area contributed by atoms with Gasteiger partial charge >= 0.3 is 0 Å². The highest BCUT2D eigenvalue weighted by Gasteiger charge is 2.17. The molecule has 2 rings (SSSR count). The molecular formula is C16H18ClNO2. The Morgan fingerprint density at radius 1 is 1.00 bits per heavy atom. The van der Waals surface area contributed by atoms with E-state index in [2.05, 4.69) is 0 Å². The number of ether oxygens (including phenoxy) is 2. The van der Waals surface area contributed by atoms with Crippen LogP contribution >= 0.6 is 11.6 Å². The second-order valence-corrected chi connectivity index (χ2v) is 5.02. The highest BCUT2D eigenvalue weighted by atomic mass is 35.5. The molecule has 2 aromatic carbocycles. The summed E-state index contributed by atoms with van der Waals surface area (Å²) in [6, 6.07) is 11.0. The summed E-state index contributed by atoms with van der Waals surface area (Å²) in [5.74, 6) is 1.45. The largest absolute Gasteiger partial charge is 0.497 e. The van der Waals surface area contributed by atoms with Crippen LogP contribution in [-0.4, -0.2) is 14.2 Å². The van der Waals surface area contributed by atoms with Crippen molar-refractivity contribution < 1.29 is 9.47 Å². The Morgan fingerprint density at radius 2 is 1.75 bits per heavy atom. The maximum absolute atomic E-state index is 6.35. The van der Waals surface area contributed by atoms with Gasteiger partial charge in [0.05, 0.1) is 20.3 Å². The van der Waals surface area contributed by atoms with E-state index in [1.54, 1.807) is 14.2 Å². The van der Waals surface area contributed by atoms with Crippen LogP contribution < -0.4 is 15.2 Å². The van der Waals surface area contributed by atoms with E-state index >= 15 is 0 Å². The van der Waals surface area contributed by atoms with Crippen molar-refractivity contribution in [1.29, 1.82) is 0 Å². The lowest BCUT2D eigenvalue weighted by molar-refractivity contribution is 0.397. The fourth-order valence-electron chi connectivity index (χ4n) is 2.13. The third-order valence-electron chi connectivity index (χ3n) is 3.26. The van der Waals surface area contributed by atoms with Crippen molar-refractivity contribution >= 4 is 11.6 Å². The lowest BCUT2D eigenvalue weighted by atomic mass is 9.97. The third kappa shape index (κ3) is 2.89. The fourth-order valence-corrected chi connectivity index (χ4v) is 2.49. The van der Waals surface area contributed by atoms with Gasteiger partial charge in [-0.05, 0) is 42.3 Å². The average molecular weight is 292 g/mol. The van der Waals surface area contributed by atoms with Gasteiger partial charge in [0.25, 0.3) is 0 Å². The zero-order chi connectivity index (χ0) is 14.7. The molecule has 0 fully saturated rings. The number of methoxy groups -OCH3 is 2. The van der Waals surface area contributed by atoms with E-state index in [-0.39, 0.29) is 6.04 Å². The number of aryl methyl sites for hydroxylation is 1. The maximum atomic E-state index is 6.35. The molecule has 0 aromatic heterocycles. The van der Waals surface area contributed by atoms with Crippen LogP contribution in [-0.2, 0) is 0 Å². The predicted molar refractivity (Wildman–Crippen MR) is 81.8 cm³/mol. The van der Waals surface area contributed by atoms with Gasteiger partial charge < -0.3 is 15.2 Å². The lowest BCUT2D eigenvalue weighted by Crippen LogP contribution is -2.14. The highest BCUT2D eigenvalue weighted by Crippen LogP contribution is 2.34. The predicted octanol–water partition coefficient (Wildman–Crippen LogP) is 3.71. The summed E-state index contributed by atoms with van der Waals surface area (Å²) in [5.41, 5.74) is 9.16. The summed E-state index contributed by atoms with van der Waals surface area (Å²) in [6.07, 6.45) is 0. The van der Waals surface area contributed by atoms with Gasteiger partial charge in [-0.3, -0.25) is 0 Å². The van der Waals surface area contributed by atoms with E-state index in [4.69, 9.17) is 26.8 Å². The van der Waals surface area contributed by atoms with Crippen LogP contribution in [0.4, 0.5) is 0 Å². The summed E-state index contributed by atoms with van der Waals surface area (Å²) in [6.45, 7) is 1.99. The molecule has 1 unspecified atom stereocenters. The van der Waals surface area contributed by atoms with Gasteiger partial charge in [0.1, 0.15) is 11.5 Å². The highest BCUT2D eigenvalue weighted by molar-refractivity contribution is 6.31. The molecule has 0 aliphatic carbocycles. The minimum absolute atomic E-state index is 0.367. The molecule has 0 bridgehead atoms. The lowest BCUT2D eigenvalue weighted by Gasteiger charge is -2.18. The molecule has 0 saturated carbocycles. The van der Waals surface area contributed by atoms with Crippen LogP contribution in [0.3, 0.4) is 0 Å². The monoisotopic (exact) mass is 291 g/mol. The van der Waals surface area contributed by atoms with Gasteiger partial charge in [0.2, 0.25) is 0 Å². The molecular weight excluding hydrogens is 274 g/mol. The van der Waals surface area contributed by atoms with Crippen LogP contribution in [0.15, 0.2) is 36.4 Å². The Labute approximate surface area is 124 Å². The molecule has 0 spiro atoms. The van der Waals surface area contributed by atoms with Crippen LogP contribution in [0.25, 0.3) is 0 Å². The topological polar surface area (TPSA) is 44.5 Å². The standard InChI is InChI=1S/C16H18ClNO2/c1-10-4-6-12(14(17)8-10)16(18)13-9-11(19-2)5-7-15(13)20-3/h4-9,16H,18H2,1-3H3. The Hall–Kier alpha value is -1.71. The van der Waals surface area contributed by atoms with Gasteiger partial charge in [-0.2, -0.15) is 0 Å². The molecule has 0 saturated heterocycles. The number of nitrogens with two attached hydrogens (primary N) is 1. The van der Waals surface area contributed by atoms with E-state index in [9.17, 15) is 0 Å². The molecule has 20 heavy (non-hydrogen) atoms. The van der Waals surface area contributed by atoms with Crippen molar-refractivity contribution in [2.45, 2.75) is 13.0 Å². The number of rotatable bonds is 4. The first-order chi connectivity index (χ1) is 9.56. The normalized spacial score (nSPS) is 12.1. The third-order valence-corrected chi connectivity index (χ3v) is 3.59. The summed E-state index contributed by atoms with van der Waals surface area (Å²) in [5, 5.41) is 0.655. The van der Waals surface area contributed by atoms with Crippen molar-refractivity contribution in [3.05, 3.63) is 58.1 Å². The maximum Gasteiger partial charge on any atom is 0.124 e. The smallest absolute Gasteiger partial charge is 0.124 e. The first-order valence-electron chi connectivity index (χ1n) is 6.30. The molecule has 0 aliphatic heterocycles. The molecule has 1 atom stereocenters. The molecule has 106 valence electrons. The van der Waals surface area contributed by atoms with Crippen LogP contribution in [0, 0.1) is 6.92 Å². The van der Waals surface area contributed by atoms with E-state index in [1.807, 2.05) is 43.3 Å². The fraction of sp³-hybridized carbons (Fsp3) is 0.250. The number of hydrogen-bond acceptors (Lipinski definition) is 3. The molecule has 0 radical (unpaired) electrons. The molecule has 4 heteroatoms. The average Bonchev–Trinajstić information content (AvgIpc) is 2.46. The molecule has 3 nitrogen and oxygen atoms in total. The SMILES string of the molecule is COc1ccc(OC)c(C(N)c2ccc(C)cc2Cl)c1. The first kappa shape index (κ1) is 14.7. The van der Waals surface area contributed by atoms with Crippen molar-refractivity contribution in [2.75, 3.05) is 14.2 Å². The zero-order valence-corrected chi connectivity index (χ0v) is 12.6. The van der Waals surface area contributed by atoms with Crippen LogP contribution in [0.5, 0.6) is 11.5 Å². The van der Waals surface area contributed by atoms with E-state index in [1.165, 1.54) is 0 Å². The van der Waals surface area contributed by atoms with Gasteiger partial charge in [-0.1, -0.05) is 23.7 Å². The zero-order valence-electron chi connectivity index (χ0n) is 11.8.